The Morgan fingerprint density at radius 1 is 1.53 bits per heavy atom. The van der Waals surface area contributed by atoms with Crippen molar-refractivity contribution in [2.45, 2.75) is 33.2 Å². The molecule has 0 saturated heterocycles. The molecule has 1 N–H and O–H groups in total. The van der Waals surface area contributed by atoms with Gasteiger partial charge in [-0.15, -0.1) is 0 Å². The van der Waals surface area contributed by atoms with Gasteiger partial charge in [0.15, 0.2) is 0 Å². The lowest BCUT2D eigenvalue weighted by Gasteiger charge is -2.25. The van der Waals surface area contributed by atoms with Gasteiger partial charge in [0.25, 0.3) is 11.7 Å². The molecule has 1 amide bonds. The zero-order valence-corrected chi connectivity index (χ0v) is 10.0. The van der Waals surface area contributed by atoms with Crippen LogP contribution in [0.1, 0.15) is 36.8 Å². The summed E-state index contributed by atoms with van der Waals surface area (Å²) in [5.41, 5.74) is 0. The summed E-state index contributed by atoms with van der Waals surface area (Å²) in [6.07, 6.45) is 0.649. The molecule has 0 radical (unpaired) electrons. The number of carboxylic acids is 1. The summed E-state index contributed by atoms with van der Waals surface area (Å²) in [7, 11) is 0. The Morgan fingerprint density at radius 3 is 2.59 bits per heavy atom. The lowest BCUT2D eigenvalue weighted by atomic mass is 10.2. The molecule has 17 heavy (non-hydrogen) atoms. The van der Waals surface area contributed by atoms with Gasteiger partial charge in [-0.1, -0.05) is 12.1 Å². The van der Waals surface area contributed by atoms with Gasteiger partial charge >= 0.3 is 5.97 Å². The van der Waals surface area contributed by atoms with Crippen LogP contribution >= 0.6 is 0 Å². The molecule has 0 aliphatic rings. The Morgan fingerprint density at radius 2 is 2.18 bits per heavy atom. The summed E-state index contributed by atoms with van der Waals surface area (Å²) in [6.45, 7) is 4.83. The summed E-state index contributed by atoms with van der Waals surface area (Å²) < 4.78 is 4.70. The average Bonchev–Trinajstić information content (AvgIpc) is 2.70. The van der Waals surface area contributed by atoms with E-state index in [0.29, 0.717) is 6.42 Å². The second-order valence-electron chi connectivity index (χ2n) is 3.72. The third-order valence-electron chi connectivity index (χ3n) is 2.41. The summed E-state index contributed by atoms with van der Waals surface area (Å²) in [5, 5.41) is 12.3. The number of rotatable bonds is 5. The number of amides is 1. The number of aliphatic carboxylic acids is 1. The van der Waals surface area contributed by atoms with Gasteiger partial charge < -0.3 is 14.5 Å². The van der Waals surface area contributed by atoms with Crippen molar-refractivity contribution in [2.75, 3.05) is 6.54 Å². The SMILES string of the molecule is CCC(C)N(CC(=O)O)C(=O)c1noc(C)n1. The Balaban J connectivity index is 2.89. The highest BCUT2D eigenvalue weighted by molar-refractivity contribution is 5.92. The maximum atomic E-state index is 12.0. The molecule has 0 spiro atoms. The second kappa shape index (κ2) is 5.42. The third-order valence-corrected chi connectivity index (χ3v) is 2.41. The van der Waals surface area contributed by atoms with Crippen LogP contribution in [0.2, 0.25) is 0 Å². The van der Waals surface area contributed by atoms with Crippen molar-refractivity contribution in [3.05, 3.63) is 11.7 Å². The monoisotopic (exact) mass is 241 g/mol. The topological polar surface area (TPSA) is 96.5 Å². The molecular weight excluding hydrogens is 226 g/mol. The fraction of sp³-hybridized carbons (Fsp3) is 0.600. The zero-order chi connectivity index (χ0) is 13.0. The van der Waals surface area contributed by atoms with E-state index >= 15 is 0 Å². The molecule has 1 heterocycles. The lowest BCUT2D eigenvalue weighted by Crippen LogP contribution is -2.42. The predicted octanol–water partition coefficient (Wildman–Crippen LogP) is 0.703. The Kier molecular flexibility index (Phi) is 4.19. The molecule has 0 aliphatic heterocycles. The van der Waals surface area contributed by atoms with Crippen LogP contribution in [0, 0.1) is 6.92 Å². The van der Waals surface area contributed by atoms with Crippen LogP contribution in [0.5, 0.6) is 0 Å². The van der Waals surface area contributed by atoms with Gasteiger partial charge in [0.1, 0.15) is 6.54 Å². The molecule has 1 aromatic rings. The average molecular weight is 241 g/mol. The minimum atomic E-state index is -1.07. The van der Waals surface area contributed by atoms with Crippen LogP contribution in [0.15, 0.2) is 4.52 Å². The van der Waals surface area contributed by atoms with E-state index in [1.807, 2.05) is 6.92 Å². The van der Waals surface area contributed by atoms with Crippen LogP contribution in [0.3, 0.4) is 0 Å². The van der Waals surface area contributed by atoms with Gasteiger partial charge in [-0.3, -0.25) is 9.59 Å². The van der Waals surface area contributed by atoms with Crippen LogP contribution in [-0.2, 0) is 4.79 Å². The molecule has 0 fully saturated rings. The molecule has 1 atom stereocenters. The molecule has 94 valence electrons. The first-order valence-corrected chi connectivity index (χ1v) is 5.28. The van der Waals surface area contributed by atoms with E-state index < -0.39 is 11.9 Å². The van der Waals surface area contributed by atoms with Gasteiger partial charge in [-0.2, -0.15) is 4.98 Å². The summed E-state index contributed by atoms with van der Waals surface area (Å²) in [6, 6.07) is -0.197. The van der Waals surface area contributed by atoms with E-state index in [0.717, 1.165) is 0 Å². The standard InChI is InChI=1S/C10H15N3O4/c1-4-6(2)13(5-8(14)15)10(16)9-11-7(3)17-12-9/h6H,4-5H2,1-3H3,(H,14,15). The quantitative estimate of drug-likeness (QED) is 0.815. The van der Waals surface area contributed by atoms with Crippen molar-refractivity contribution in [1.82, 2.24) is 15.0 Å². The molecule has 7 heteroatoms. The smallest absolute Gasteiger partial charge is 0.323 e. The van der Waals surface area contributed by atoms with E-state index in [2.05, 4.69) is 10.1 Å². The van der Waals surface area contributed by atoms with E-state index in [4.69, 9.17) is 9.63 Å². The highest BCUT2D eigenvalue weighted by atomic mass is 16.5. The third kappa shape index (κ3) is 3.27. The van der Waals surface area contributed by atoms with E-state index in [1.54, 1.807) is 13.8 Å². The number of hydrogen-bond donors (Lipinski definition) is 1. The normalized spacial score (nSPS) is 12.2. The first-order chi connectivity index (χ1) is 7.95. The van der Waals surface area contributed by atoms with E-state index in [1.165, 1.54) is 4.90 Å². The lowest BCUT2D eigenvalue weighted by molar-refractivity contribution is -0.138. The Labute approximate surface area is 98.4 Å². The van der Waals surface area contributed by atoms with E-state index in [-0.39, 0.29) is 24.3 Å². The number of aromatic nitrogens is 2. The van der Waals surface area contributed by atoms with Crippen LogP contribution < -0.4 is 0 Å². The maximum absolute atomic E-state index is 12.0. The van der Waals surface area contributed by atoms with Gasteiger partial charge in [-0.05, 0) is 13.3 Å². The first kappa shape index (κ1) is 13.1. The molecule has 0 aromatic carbocycles. The van der Waals surface area contributed by atoms with Crippen molar-refractivity contribution in [2.24, 2.45) is 0 Å². The van der Waals surface area contributed by atoms with Crippen molar-refractivity contribution in [3.63, 3.8) is 0 Å². The molecule has 0 bridgehead atoms. The van der Waals surface area contributed by atoms with E-state index in [9.17, 15) is 9.59 Å². The molecular formula is C10H15N3O4. The fourth-order valence-corrected chi connectivity index (χ4v) is 1.31. The van der Waals surface area contributed by atoms with Gasteiger partial charge in [0, 0.05) is 13.0 Å². The number of hydrogen-bond acceptors (Lipinski definition) is 5. The van der Waals surface area contributed by atoms with Crippen molar-refractivity contribution < 1.29 is 19.2 Å². The second-order valence-corrected chi connectivity index (χ2v) is 3.72. The van der Waals surface area contributed by atoms with Crippen LogP contribution in [-0.4, -0.2) is 44.6 Å². The molecule has 1 aromatic heterocycles. The van der Waals surface area contributed by atoms with Crippen LogP contribution in [0.4, 0.5) is 0 Å². The molecule has 1 unspecified atom stereocenters. The minimum absolute atomic E-state index is 0.107. The summed E-state index contributed by atoms with van der Waals surface area (Å²) >= 11 is 0. The van der Waals surface area contributed by atoms with Crippen molar-refractivity contribution >= 4 is 11.9 Å². The number of carboxylic acid groups (broad SMARTS) is 1. The number of carbonyl (C=O) groups is 2. The van der Waals surface area contributed by atoms with Crippen molar-refractivity contribution in [1.29, 1.82) is 0 Å². The highest BCUT2D eigenvalue weighted by Gasteiger charge is 2.26. The van der Waals surface area contributed by atoms with Gasteiger partial charge in [0.2, 0.25) is 5.89 Å². The zero-order valence-electron chi connectivity index (χ0n) is 10.0. The van der Waals surface area contributed by atoms with Crippen molar-refractivity contribution in [3.8, 4) is 0 Å². The molecule has 7 nitrogen and oxygen atoms in total. The Bertz CT molecular complexity index is 415. The molecule has 1 rings (SSSR count). The maximum Gasteiger partial charge on any atom is 0.323 e. The molecule has 0 aliphatic carbocycles. The largest absolute Gasteiger partial charge is 0.480 e. The number of carbonyl (C=O) groups excluding carboxylic acids is 1. The summed E-state index contributed by atoms with van der Waals surface area (Å²) in [5.74, 6) is -1.44. The fourth-order valence-electron chi connectivity index (χ4n) is 1.31. The predicted molar refractivity (Wildman–Crippen MR) is 57.5 cm³/mol. The molecule has 0 saturated carbocycles. The minimum Gasteiger partial charge on any atom is -0.480 e. The first-order valence-electron chi connectivity index (χ1n) is 5.28. The summed E-state index contributed by atoms with van der Waals surface area (Å²) in [4.78, 5) is 27.7. The van der Waals surface area contributed by atoms with Crippen LogP contribution in [0.25, 0.3) is 0 Å². The highest BCUT2D eigenvalue weighted by Crippen LogP contribution is 2.08. The Hall–Kier alpha value is -1.92. The number of aryl methyl sites for hydroxylation is 1. The van der Waals surface area contributed by atoms with Gasteiger partial charge in [-0.25, -0.2) is 0 Å². The number of nitrogens with zero attached hydrogens (tertiary/aromatic N) is 3. The van der Waals surface area contributed by atoms with Gasteiger partial charge in [0.05, 0.1) is 0 Å².